The van der Waals surface area contributed by atoms with E-state index in [9.17, 15) is 0 Å². The summed E-state index contributed by atoms with van der Waals surface area (Å²) in [6, 6.07) is 7.77. The third-order valence-electron chi connectivity index (χ3n) is 2.16. The van der Waals surface area contributed by atoms with Crippen LogP contribution in [0.3, 0.4) is 0 Å². The maximum absolute atomic E-state index is 5.59. The summed E-state index contributed by atoms with van der Waals surface area (Å²) in [4.78, 5) is 0. The minimum atomic E-state index is -0.306. The van der Waals surface area contributed by atoms with Crippen molar-refractivity contribution >= 4 is 0 Å². The van der Waals surface area contributed by atoms with Gasteiger partial charge in [-0.05, 0) is 18.1 Å². The van der Waals surface area contributed by atoms with E-state index in [2.05, 4.69) is 13.8 Å². The number of hydrogen-bond donors (Lipinski definition) is 0. The van der Waals surface area contributed by atoms with Crippen LogP contribution in [0.25, 0.3) is 0 Å². The van der Waals surface area contributed by atoms with Crippen molar-refractivity contribution < 1.29 is 14.2 Å². The monoisotopic (exact) mass is 224 g/mol. The van der Waals surface area contributed by atoms with Gasteiger partial charge in [-0.15, -0.1) is 0 Å². The molecule has 1 rings (SSSR count). The molecule has 0 N–H and O–H groups in total. The van der Waals surface area contributed by atoms with Gasteiger partial charge in [0.15, 0.2) is 6.29 Å². The van der Waals surface area contributed by atoms with E-state index in [4.69, 9.17) is 14.2 Å². The zero-order valence-electron chi connectivity index (χ0n) is 10.4. The summed E-state index contributed by atoms with van der Waals surface area (Å²) in [5, 5.41) is 0. The van der Waals surface area contributed by atoms with Crippen LogP contribution in [0.15, 0.2) is 24.3 Å². The summed E-state index contributed by atoms with van der Waals surface area (Å²) in [6.07, 6.45) is -0.306. The fourth-order valence-electron chi connectivity index (χ4n) is 1.35. The first-order valence-electron chi connectivity index (χ1n) is 5.45. The zero-order valence-corrected chi connectivity index (χ0v) is 10.4. The summed E-state index contributed by atoms with van der Waals surface area (Å²) in [6.45, 7) is 4.98. The van der Waals surface area contributed by atoms with E-state index in [1.165, 1.54) is 0 Å². The van der Waals surface area contributed by atoms with Gasteiger partial charge in [-0.3, -0.25) is 0 Å². The van der Waals surface area contributed by atoms with Crippen molar-refractivity contribution in [1.29, 1.82) is 0 Å². The third kappa shape index (κ3) is 3.83. The molecule has 0 saturated heterocycles. The maximum Gasteiger partial charge on any atom is 0.183 e. The predicted octanol–water partition coefficient (Wildman–Crippen LogP) is 3.01. The van der Waals surface area contributed by atoms with Crippen molar-refractivity contribution in [3.63, 3.8) is 0 Å². The second-order valence-corrected chi connectivity index (χ2v) is 4.08. The van der Waals surface area contributed by atoms with Crippen molar-refractivity contribution in [2.75, 3.05) is 20.8 Å². The Bertz CT molecular complexity index is 289. The molecule has 0 aromatic heterocycles. The molecule has 0 amide bonds. The van der Waals surface area contributed by atoms with Gasteiger partial charge in [0.1, 0.15) is 5.75 Å². The first-order valence-corrected chi connectivity index (χ1v) is 5.45. The van der Waals surface area contributed by atoms with Crippen molar-refractivity contribution in [2.45, 2.75) is 20.1 Å². The second kappa shape index (κ2) is 6.51. The standard InChI is InChI=1S/C13H20O3/c1-10(2)9-16-12-7-5-11(6-8-12)13(14-3)15-4/h5-8,10,13H,9H2,1-4H3. The Kier molecular flexibility index (Phi) is 5.29. The van der Waals surface area contributed by atoms with Crippen LogP contribution in [0, 0.1) is 5.92 Å². The maximum atomic E-state index is 5.59. The highest BCUT2D eigenvalue weighted by atomic mass is 16.7. The molecular weight excluding hydrogens is 204 g/mol. The predicted molar refractivity (Wildman–Crippen MR) is 63.5 cm³/mol. The van der Waals surface area contributed by atoms with Crippen molar-refractivity contribution in [3.05, 3.63) is 29.8 Å². The topological polar surface area (TPSA) is 27.7 Å². The van der Waals surface area contributed by atoms with Crippen molar-refractivity contribution in [2.24, 2.45) is 5.92 Å². The van der Waals surface area contributed by atoms with Crippen LogP contribution in [-0.4, -0.2) is 20.8 Å². The quantitative estimate of drug-likeness (QED) is 0.695. The fraction of sp³-hybridized carbons (Fsp3) is 0.538. The average Bonchev–Trinajstić information content (AvgIpc) is 2.29. The van der Waals surface area contributed by atoms with Gasteiger partial charge in [0.05, 0.1) is 6.61 Å². The zero-order chi connectivity index (χ0) is 12.0. The molecule has 0 spiro atoms. The lowest BCUT2D eigenvalue weighted by atomic mass is 10.2. The van der Waals surface area contributed by atoms with E-state index in [0.29, 0.717) is 5.92 Å². The Balaban J connectivity index is 2.60. The van der Waals surface area contributed by atoms with Gasteiger partial charge < -0.3 is 14.2 Å². The van der Waals surface area contributed by atoms with Gasteiger partial charge in [0.2, 0.25) is 0 Å². The van der Waals surface area contributed by atoms with Crippen LogP contribution in [0.1, 0.15) is 25.7 Å². The third-order valence-corrected chi connectivity index (χ3v) is 2.16. The van der Waals surface area contributed by atoms with Gasteiger partial charge in [-0.2, -0.15) is 0 Å². The highest BCUT2D eigenvalue weighted by Crippen LogP contribution is 2.20. The Morgan fingerprint density at radius 1 is 1.00 bits per heavy atom. The van der Waals surface area contributed by atoms with Crippen molar-refractivity contribution in [1.82, 2.24) is 0 Å². The number of rotatable bonds is 6. The van der Waals surface area contributed by atoms with Crippen LogP contribution in [0.2, 0.25) is 0 Å². The van der Waals surface area contributed by atoms with Crippen LogP contribution < -0.4 is 4.74 Å². The Morgan fingerprint density at radius 3 is 2.00 bits per heavy atom. The average molecular weight is 224 g/mol. The molecule has 3 heteroatoms. The van der Waals surface area contributed by atoms with Crippen molar-refractivity contribution in [3.8, 4) is 5.75 Å². The van der Waals surface area contributed by atoms with E-state index in [1.807, 2.05) is 24.3 Å². The largest absolute Gasteiger partial charge is 0.493 e. The molecule has 3 nitrogen and oxygen atoms in total. The molecule has 0 radical (unpaired) electrons. The molecule has 0 aliphatic carbocycles. The fourth-order valence-corrected chi connectivity index (χ4v) is 1.35. The second-order valence-electron chi connectivity index (χ2n) is 4.08. The summed E-state index contributed by atoms with van der Waals surface area (Å²) in [7, 11) is 3.24. The SMILES string of the molecule is COC(OC)c1ccc(OCC(C)C)cc1. The minimum Gasteiger partial charge on any atom is -0.493 e. The van der Waals surface area contributed by atoms with E-state index >= 15 is 0 Å². The van der Waals surface area contributed by atoms with E-state index < -0.39 is 0 Å². The number of ether oxygens (including phenoxy) is 3. The van der Waals surface area contributed by atoms with Crippen LogP contribution in [0.5, 0.6) is 5.75 Å². The Morgan fingerprint density at radius 2 is 1.56 bits per heavy atom. The molecule has 0 unspecified atom stereocenters. The van der Waals surface area contributed by atoms with Gasteiger partial charge in [0.25, 0.3) is 0 Å². The normalized spacial score (nSPS) is 11.1. The summed E-state index contributed by atoms with van der Waals surface area (Å²) < 4.78 is 15.9. The lowest BCUT2D eigenvalue weighted by molar-refractivity contribution is -0.106. The van der Waals surface area contributed by atoms with Gasteiger partial charge in [-0.25, -0.2) is 0 Å². The number of benzene rings is 1. The Hall–Kier alpha value is -1.06. The minimum absolute atomic E-state index is 0.306. The first-order chi connectivity index (χ1) is 7.67. The first kappa shape index (κ1) is 13.0. The molecule has 1 aromatic carbocycles. The molecule has 0 aliphatic rings. The van der Waals surface area contributed by atoms with E-state index in [0.717, 1.165) is 17.9 Å². The molecule has 0 fully saturated rings. The molecule has 90 valence electrons. The lowest BCUT2D eigenvalue weighted by Gasteiger charge is -2.14. The van der Waals surface area contributed by atoms with Gasteiger partial charge >= 0.3 is 0 Å². The number of methoxy groups -OCH3 is 2. The van der Waals surface area contributed by atoms with Gasteiger partial charge in [0, 0.05) is 19.8 Å². The highest BCUT2D eigenvalue weighted by molar-refractivity contribution is 5.27. The van der Waals surface area contributed by atoms with Crippen LogP contribution >= 0.6 is 0 Å². The Labute approximate surface area is 97.3 Å². The molecule has 16 heavy (non-hydrogen) atoms. The summed E-state index contributed by atoms with van der Waals surface area (Å²) >= 11 is 0. The summed E-state index contributed by atoms with van der Waals surface area (Å²) in [5.74, 6) is 1.41. The molecule has 0 bridgehead atoms. The molecule has 0 aliphatic heterocycles. The summed E-state index contributed by atoms with van der Waals surface area (Å²) in [5.41, 5.74) is 0.988. The lowest BCUT2D eigenvalue weighted by Crippen LogP contribution is -2.05. The molecule has 0 atom stereocenters. The van der Waals surface area contributed by atoms with E-state index in [1.54, 1.807) is 14.2 Å². The van der Waals surface area contributed by atoms with Crippen LogP contribution in [-0.2, 0) is 9.47 Å². The smallest absolute Gasteiger partial charge is 0.183 e. The number of hydrogen-bond acceptors (Lipinski definition) is 3. The molecule has 0 heterocycles. The highest BCUT2D eigenvalue weighted by Gasteiger charge is 2.08. The van der Waals surface area contributed by atoms with Gasteiger partial charge in [-0.1, -0.05) is 26.0 Å². The van der Waals surface area contributed by atoms with E-state index in [-0.39, 0.29) is 6.29 Å². The molecule has 0 saturated carbocycles. The van der Waals surface area contributed by atoms with Crippen LogP contribution in [0.4, 0.5) is 0 Å². The molecule has 1 aromatic rings. The molecular formula is C13H20O3.